The van der Waals surface area contributed by atoms with Crippen LogP contribution in [0.1, 0.15) is 27.2 Å². The number of ether oxygens (including phenoxy) is 1. The highest BCUT2D eigenvalue weighted by atomic mass is 35.5. The van der Waals surface area contributed by atoms with Gasteiger partial charge in [-0.3, -0.25) is 0 Å². The van der Waals surface area contributed by atoms with E-state index in [1.807, 2.05) is 0 Å². The van der Waals surface area contributed by atoms with Crippen LogP contribution < -0.4 is 10.6 Å². The molecule has 2 N–H and O–H groups in total. The number of thiocarbonyl (C=S) groups is 1. The van der Waals surface area contributed by atoms with Crippen LogP contribution in [0.15, 0.2) is 12.1 Å². The summed E-state index contributed by atoms with van der Waals surface area (Å²) >= 11 is 24.9. The first kappa shape index (κ1) is 18.7. The molecule has 0 unspecified atom stereocenters. The minimum absolute atomic E-state index is 0.297. The van der Waals surface area contributed by atoms with Crippen LogP contribution in [0.2, 0.25) is 15.1 Å². The second-order valence-electron chi connectivity index (χ2n) is 5.38. The molecule has 0 saturated carbocycles. The van der Waals surface area contributed by atoms with Crippen LogP contribution in [0.3, 0.4) is 0 Å². The minimum Gasteiger partial charge on any atom is -0.465 e. The number of hydrogen-bond acceptors (Lipinski definition) is 4. The van der Waals surface area contributed by atoms with E-state index >= 15 is 0 Å². The zero-order chi connectivity index (χ0) is 18.1. The number of methoxy groups -OCH3 is 1. The monoisotopic (exact) mass is 434 g/mol. The van der Waals surface area contributed by atoms with E-state index in [9.17, 15) is 4.79 Å². The summed E-state index contributed by atoms with van der Waals surface area (Å²) in [4.78, 5) is 13.4. The lowest BCUT2D eigenvalue weighted by molar-refractivity contribution is 0.0601. The maximum Gasteiger partial charge on any atom is 0.341 e. The van der Waals surface area contributed by atoms with Gasteiger partial charge in [0, 0.05) is 4.88 Å². The second-order valence-corrected chi connectivity index (χ2v) is 8.11. The number of hydrogen-bond donors (Lipinski definition) is 2. The zero-order valence-corrected chi connectivity index (χ0v) is 16.9. The predicted molar refractivity (Wildman–Crippen MR) is 109 cm³/mol. The SMILES string of the molecule is COC(=O)c1c(NC(=S)Nc2cc(Cl)c(Cl)cc2Cl)sc2c1CCC2. The Bertz CT molecular complexity index is 868. The van der Waals surface area contributed by atoms with Crippen molar-refractivity contribution < 1.29 is 9.53 Å². The molecule has 0 bridgehead atoms. The highest BCUT2D eigenvalue weighted by molar-refractivity contribution is 7.80. The normalized spacial score (nSPS) is 12.6. The number of halogens is 3. The molecule has 25 heavy (non-hydrogen) atoms. The van der Waals surface area contributed by atoms with E-state index in [0.717, 1.165) is 24.8 Å². The molecule has 9 heteroatoms. The van der Waals surface area contributed by atoms with Crippen LogP contribution in [0.25, 0.3) is 0 Å². The summed E-state index contributed by atoms with van der Waals surface area (Å²) in [7, 11) is 1.37. The molecule has 1 heterocycles. The van der Waals surface area contributed by atoms with Crippen LogP contribution in [-0.2, 0) is 17.6 Å². The fraction of sp³-hybridized carbons (Fsp3) is 0.250. The van der Waals surface area contributed by atoms with Gasteiger partial charge in [0.25, 0.3) is 0 Å². The van der Waals surface area contributed by atoms with Gasteiger partial charge >= 0.3 is 5.97 Å². The third kappa shape index (κ3) is 3.88. The van der Waals surface area contributed by atoms with Crippen LogP contribution in [0.5, 0.6) is 0 Å². The average Bonchev–Trinajstić information content (AvgIpc) is 3.12. The number of carbonyl (C=O) groups excluding carboxylic acids is 1. The van der Waals surface area contributed by atoms with E-state index in [0.29, 0.717) is 36.4 Å². The van der Waals surface area contributed by atoms with Crippen LogP contribution in [0.4, 0.5) is 10.7 Å². The zero-order valence-electron chi connectivity index (χ0n) is 13.0. The first-order valence-electron chi connectivity index (χ1n) is 7.36. The smallest absolute Gasteiger partial charge is 0.341 e. The van der Waals surface area contributed by atoms with Crippen molar-refractivity contribution in [2.75, 3.05) is 17.7 Å². The Labute approximate surface area is 169 Å². The quantitative estimate of drug-likeness (QED) is 0.363. The molecule has 0 saturated heterocycles. The molecule has 0 radical (unpaired) electrons. The summed E-state index contributed by atoms with van der Waals surface area (Å²) in [6.45, 7) is 0. The van der Waals surface area contributed by atoms with Crippen LogP contribution in [0, 0.1) is 0 Å². The number of thiophene rings is 1. The number of rotatable bonds is 3. The molecule has 4 nitrogen and oxygen atoms in total. The third-order valence-electron chi connectivity index (χ3n) is 3.80. The summed E-state index contributed by atoms with van der Waals surface area (Å²) in [6, 6.07) is 3.13. The molecule has 0 atom stereocenters. The van der Waals surface area contributed by atoms with Crippen molar-refractivity contribution in [2.24, 2.45) is 0 Å². The maximum absolute atomic E-state index is 12.2. The first-order valence-corrected chi connectivity index (χ1v) is 9.72. The Morgan fingerprint density at radius 2 is 1.88 bits per heavy atom. The number of esters is 1. The van der Waals surface area contributed by atoms with Crippen molar-refractivity contribution in [3.63, 3.8) is 0 Å². The minimum atomic E-state index is -0.364. The van der Waals surface area contributed by atoms with E-state index in [1.165, 1.54) is 29.4 Å². The number of carbonyl (C=O) groups is 1. The fourth-order valence-corrected chi connectivity index (χ4v) is 4.84. The van der Waals surface area contributed by atoms with Gasteiger partial charge in [0.2, 0.25) is 0 Å². The molecule has 0 aliphatic heterocycles. The van der Waals surface area contributed by atoms with Gasteiger partial charge in [-0.1, -0.05) is 34.8 Å². The lowest BCUT2D eigenvalue weighted by atomic mass is 10.1. The van der Waals surface area contributed by atoms with Crippen molar-refractivity contribution in [3.8, 4) is 0 Å². The Kier molecular flexibility index (Phi) is 5.75. The average molecular weight is 436 g/mol. The van der Waals surface area contributed by atoms with Crippen LogP contribution >= 0.6 is 58.4 Å². The summed E-state index contributed by atoms with van der Waals surface area (Å²) in [5, 5.41) is 8.12. The molecule has 0 amide bonds. The molecular formula is C16H13Cl3N2O2S2. The predicted octanol–water partition coefficient (Wildman–Crippen LogP) is 5.79. The number of nitrogens with one attached hydrogen (secondary N) is 2. The van der Waals surface area contributed by atoms with Gasteiger partial charge in [0.15, 0.2) is 5.11 Å². The molecular weight excluding hydrogens is 423 g/mol. The molecule has 1 aromatic heterocycles. The molecule has 0 fully saturated rings. The molecule has 0 spiro atoms. The molecule has 1 aromatic carbocycles. The van der Waals surface area contributed by atoms with Crippen molar-refractivity contribution in [1.29, 1.82) is 0 Å². The van der Waals surface area contributed by atoms with Crippen molar-refractivity contribution in [2.45, 2.75) is 19.3 Å². The Morgan fingerprint density at radius 1 is 1.16 bits per heavy atom. The lowest BCUT2D eigenvalue weighted by Crippen LogP contribution is -2.20. The van der Waals surface area contributed by atoms with Gasteiger partial charge in [0.1, 0.15) is 5.00 Å². The summed E-state index contributed by atoms with van der Waals surface area (Å²) in [5.41, 5.74) is 2.14. The Morgan fingerprint density at radius 3 is 2.60 bits per heavy atom. The molecule has 132 valence electrons. The van der Waals surface area contributed by atoms with E-state index < -0.39 is 0 Å². The van der Waals surface area contributed by atoms with Crippen molar-refractivity contribution in [3.05, 3.63) is 43.2 Å². The molecule has 3 rings (SSSR count). The van der Waals surface area contributed by atoms with Gasteiger partial charge in [0.05, 0.1) is 33.4 Å². The molecule has 1 aliphatic carbocycles. The number of fused-ring (bicyclic) bond motifs is 1. The van der Waals surface area contributed by atoms with E-state index in [2.05, 4.69) is 10.6 Å². The van der Waals surface area contributed by atoms with E-state index in [-0.39, 0.29) is 5.97 Å². The molecule has 1 aliphatic rings. The highest BCUT2D eigenvalue weighted by Crippen LogP contribution is 2.39. The standard InChI is InChI=1S/C16H13Cl3N2O2S2/c1-23-15(22)13-7-3-2-4-12(7)25-14(13)21-16(24)20-11-6-9(18)8(17)5-10(11)19/h5-6H,2-4H2,1H3,(H2,20,21,24). The van der Waals surface area contributed by atoms with Crippen LogP contribution in [-0.4, -0.2) is 18.2 Å². The highest BCUT2D eigenvalue weighted by Gasteiger charge is 2.27. The molecule has 2 aromatic rings. The fourth-order valence-electron chi connectivity index (χ4n) is 2.69. The first-order chi connectivity index (χ1) is 11.9. The number of benzene rings is 1. The van der Waals surface area contributed by atoms with E-state index in [4.69, 9.17) is 51.8 Å². The summed E-state index contributed by atoms with van der Waals surface area (Å²) in [6.07, 6.45) is 2.88. The summed E-state index contributed by atoms with van der Waals surface area (Å²) in [5.74, 6) is -0.364. The van der Waals surface area contributed by atoms with Crippen molar-refractivity contribution in [1.82, 2.24) is 0 Å². The Balaban J connectivity index is 1.82. The largest absolute Gasteiger partial charge is 0.465 e. The summed E-state index contributed by atoms with van der Waals surface area (Å²) < 4.78 is 4.92. The van der Waals surface area contributed by atoms with Crippen molar-refractivity contribution >= 4 is 80.1 Å². The topological polar surface area (TPSA) is 50.4 Å². The Hall–Kier alpha value is -1.05. The van der Waals surface area contributed by atoms with Gasteiger partial charge < -0.3 is 15.4 Å². The number of aryl methyl sites for hydroxylation is 1. The van der Waals surface area contributed by atoms with Gasteiger partial charge in [-0.05, 0) is 49.2 Å². The third-order valence-corrected chi connectivity index (χ3v) is 6.24. The number of anilines is 2. The second kappa shape index (κ2) is 7.68. The van der Waals surface area contributed by atoms with Gasteiger partial charge in [-0.25, -0.2) is 4.79 Å². The van der Waals surface area contributed by atoms with Gasteiger partial charge in [-0.2, -0.15) is 0 Å². The maximum atomic E-state index is 12.2. The van der Waals surface area contributed by atoms with Gasteiger partial charge in [-0.15, -0.1) is 11.3 Å². The van der Waals surface area contributed by atoms with E-state index in [1.54, 1.807) is 6.07 Å². The lowest BCUT2D eigenvalue weighted by Gasteiger charge is -2.13.